The maximum Gasteiger partial charge on any atom is 0.408 e. The number of hydrogen-bond acceptors (Lipinski definition) is 3. The Labute approximate surface area is 113 Å². The van der Waals surface area contributed by atoms with Crippen LogP contribution in [-0.2, 0) is 4.74 Å². The molecule has 3 rings (SSSR count). The van der Waals surface area contributed by atoms with Gasteiger partial charge in [-0.25, -0.2) is 4.79 Å². The summed E-state index contributed by atoms with van der Waals surface area (Å²) in [6.45, 7) is 0. The van der Waals surface area contributed by atoms with Crippen LogP contribution in [0.25, 0.3) is 0 Å². The van der Waals surface area contributed by atoms with Gasteiger partial charge in [-0.1, -0.05) is 38.2 Å². The molecular formula is C15H20N2O2. The van der Waals surface area contributed by atoms with Gasteiger partial charge in [0.15, 0.2) is 6.10 Å². The number of carbonyl (C=O) groups is 1. The third kappa shape index (κ3) is 2.88. The molecule has 1 amide bonds. The molecule has 102 valence electrons. The highest BCUT2D eigenvalue weighted by Crippen LogP contribution is 2.33. The second-order valence-electron chi connectivity index (χ2n) is 5.57. The van der Waals surface area contributed by atoms with E-state index in [4.69, 9.17) is 4.74 Å². The van der Waals surface area contributed by atoms with Gasteiger partial charge in [0, 0.05) is 6.20 Å². The van der Waals surface area contributed by atoms with Crippen LogP contribution < -0.4 is 5.32 Å². The number of cyclic esters (lactones) is 1. The van der Waals surface area contributed by atoms with Crippen molar-refractivity contribution in [2.24, 2.45) is 5.92 Å². The summed E-state index contributed by atoms with van der Waals surface area (Å²) in [6, 6.07) is 5.82. The summed E-state index contributed by atoms with van der Waals surface area (Å²) in [5, 5.41) is 2.95. The van der Waals surface area contributed by atoms with E-state index in [1.807, 2.05) is 18.2 Å². The highest BCUT2D eigenvalue weighted by molar-refractivity contribution is 5.70. The zero-order valence-electron chi connectivity index (χ0n) is 11.0. The van der Waals surface area contributed by atoms with Gasteiger partial charge in [-0.2, -0.15) is 0 Å². The van der Waals surface area contributed by atoms with Crippen molar-refractivity contribution in [3.05, 3.63) is 30.1 Å². The van der Waals surface area contributed by atoms with Gasteiger partial charge in [0.1, 0.15) is 0 Å². The number of nitrogens with zero attached hydrogens (tertiary/aromatic N) is 1. The minimum absolute atomic E-state index is 0.0745. The zero-order valence-corrected chi connectivity index (χ0v) is 11.0. The lowest BCUT2D eigenvalue weighted by Crippen LogP contribution is -2.31. The molecule has 2 aliphatic rings. The van der Waals surface area contributed by atoms with Crippen molar-refractivity contribution in [1.29, 1.82) is 0 Å². The summed E-state index contributed by atoms with van der Waals surface area (Å²) in [5.74, 6) is 0.715. The largest absolute Gasteiger partial charge is 0.437 e. The molecule has 2 heterocycles. The van der Waals surface area contributed by atoms with Gasteiger partial charge in [-0.05, 0) is 24.5 Å². The van der Waals surface area contributed by atoms with E-state index in [0.29, 0.717) is 5.92 Å². The Kier molecular flexibility index (Phi) is 3.67. The first kappa shape index (κ1) is 12.5. The number of alkyl carbamates (subject to hydrolysis) is 1. The summed E-state index contributed by atoms with van der Waals surface area (Å²) >= 11 is 0. The fourth-order valence-corrected chi connectivity index (χ4v) is 3.23. The Morgan fingerprint density at radius 2 is 2.11 bits per heavy atom. The van der Waals surface area contributed by atoms with Gasteiger partial charge in [0.2, 0.25) is 0 Å². The van der Waals surface area contributed by atoms with E-state index < -0.39 is 0 Å². The molecule has 1 saturated heterocycles. The number of hydrogen-bond donors (Lipinski definition) is 1. The first-order valence-corrected chi connectivity index (χ1v) is 7.21. The molecule has 1 aromatic rings. The SMILES string of the molecule is O=C1N[C@@H](CC2CCCCC2)C(c2ccccn2)O1. The van der Waals surface area contributed by atoms with Crippen LogP contribution in [0.5, 0.6) is 0 Å². The first-order valence-electron chi connectivity index (χ1n) is 7.21. The minimum Gasteiger partial charge on any atom is -0.437 e. The summed E-state index contributed by atoms with van der Waals surface area (Å²) < 4.78 is 5.39. The van der Waals surface area contributed by atoms with Crippen molar-refractivity contribution < 1.29 is 9.53 Å². The Morgan fingerprint density at radius 3 is 2.84 bits per heavy atom. The van der Waals surface area contributed by atoms with Gasteiger partial charge in [-0.3, -0.25) is 4.98 Å². The van der Waals surface area contributed by atoms with Crippen LogP contribution in [0.15, 0.2) is 24.4 Å². The van der Waals surface area contributed by atoms with E-state index in [1.54, 1.807) is 6.20 Å². The summed E-state index contributed by atoms with van der Waals surface area (Å²) in [5.41, 5.74) is 0.849. The molecule has 0 bridgehead atoms. The lowest BCUT2D eigenvalue weighted by molar-refractivity contribution is 0.124. The highest BCUT2D eigenvalue weighted by Gasteiger charge is 2.37. The Balaban J connectivity index is 1.69. The molecule has 1 aromatic heterocycles. The van der Waals surface area contributed by atoms with E-state index in [2.05, 4.69) is 10.3 Å². The number of aromatic nitrogens is 1. The molecule has 0 spiro atoms. The van der Waals surface area contributed by atoms with Crippen LogP contribution in [0.1, 0.15) is 50.3 Å². The minimum atomic E-state index is -0.309. The van der Waals surface area contributed by atoms with E-state index in [-0.39, 0.29) is 18.2 Å². The average molecular weight is 260 g/mol. The molecule has 1 saturated carbocycles. The van der Waals surface area contributed by atoms with Gasteiger partial charge in [0.05, 0.1) is 11.7 Å². The number of rotatable bonds is 3. The number of pyridine rings is 1. The molecular weight excluding hydrogens is 240 g/mol. The van der Waals surface area contributed by atoms with Crippen LogP contribution >= 0.6 is 0 Å². The predicted octanol–water partition coefficient (Wildman–Crippen LogP) is 3.20. The molecule has 2 atom stereocenters. The monoisotopic (exact) mass is 260 g/mol. The summed E-state index contributed by atoms with van der Waals surface area (Å²) in [6.07, 6.45) is 8.77. The summed E-state index contributed by atoms with van der Waals surface area (Å²) in [7, 11) is 0. The standard InChI is InChI=1S/C15H20N2O2/c18-15-17-13(10-11-6-2-1-3-7-11)14(19-15)12-8-4-5-9-16-12/h4-5,8-9,11,13-14H,1-3,6-7,10H2,(H,17,18)/t13-,14?/m0/s1. The topological polar surface area (TPSA) is 51.2 Å². The van der Waals surface area contributed by atoms with Gasteiger partial charge >= 0.3 is 6.09 Å². The molecule has 1 unspecified atom stereocenters. The van der Waals surface area contributed by atoms with Gasteiger partial charge < -0.3 is 10.1 Å². The highest BCUT2D eigenvalue weighted by atomic mass is 16.6. The quantitative estimate of drug-likeness (QED) is 0.908. The molecule has 0 aromatic carbocycles. The number of amides is 1. The third-order valence-corrected chi connectivity index (χ3v) is 4.19. The maximum atomic E-state index is 11.5. The third-order valence-electron chi connectivity index (χ3n) is 4.19. The fraction of sp³-hybridized carbons (Fsp3) is 0.600. The van der Waals surface area contributed by atoms with E-state index in [1.165, 1.54) is 32.1 Å². The van der Waals surface area contributed by atoms with Crippen molar-refractivity contribution in [3.8, 4) is 0 Å². The van der Waals surface area contributed by atoms with E-state index in [0.717, 1.165) is 12.1 Å². The molecule has 4 nitrogen and oxygen atoms in total. The number of carbonyl (C=O) groups excluding carboxylic acids is 1. The summed E-state index contributed by atoms with van der Waals surface area (Å²) in [4.78, 5) is 15.8. The van der Waals surface area contributed by atoms with Crippen LogP contribution in [0.4, 0.5) is 4.79 Å². The maximum absolute atomic E-state index is 11.5. The molecule has 1 N–H and O–H groups in total. The van der Waals surface area contributed by atoms with Crippen LogP contribution in [0.3, 0.4) is 0 Å². The fourth-order valence-electron chi connectivity index (χ4n) is 3.23. The predicted molar refractivity (Wildman–Crippen MR) is 71.6 cm³/mol. The van der Waals surface area contributed by atoms with Gasteiger partial charge in [0.25, 0.3) is 0 Å². The molecule has 19 heavy (non-hydrogen) atoms. The lowest BCUT2D eigenvalue weighted by Gasteiger charge is -2.25. The van der Waals surface area contributed by atoms with Crippen LogP contribution in [0, 0.1) is 5.92 Å². The van der Waals surface area contributed by atoms with Crippen LogP contribution in [0.2, 0.25) is 0 Å². The van der Waals surface area contributed by atoms with E-state index >= 15 is 0 Å². The van der Waals surface area contributed by atoms with Crippen molar-refractivity contribution >= 4 is 6.09 Å². The first-order chi connectivity index (χ1) is 9.33. The van der Waals surface area contributed by atoms with E-state index in [9.17, 15) is 4.79 Å². The Morgan fingerprint density at radius 1 is 1.26 bits per heavy atom. The van der Waals surface area contributed by atoms with Crippen molar-refractivity contribution in [2.45, 2.75) is 50.7 Å². The van der Waals surface area contributed by atoms with Crippen LogP contribution in [-0.4, -0.2) is 17.1 Å². The lowest BCUT2D eigenvalue weighted by atomic mass is 9.83. The molecule has 2 fully saturated rings. The second-order valence-corrected chi connectivity index (χ2v) is 5.57. The molecule has 1 aliphatic carbocycles. The van der Waals surface area contributed by atoms with Crippen molar-refractivity contribution in [2.75, 3.05) is 0 Å². The Bertz CT molecular complexity index is 429. The number of ether oxygens (including phenoxy) is 1. The second kappa shape index (κ2) is 5.59. The zero-order chi connectivity index (χ0) is 13.1. The molecule has 1 aliphatic heterocycles. The number of nitrogens with one attached hydrogen (secondary N) is 1. The smallest absolute Gasteiger partial charge is 0.408 e. The molecule has 4 heteroatoms. The molecule has 0 radical (unpaired) electrons. The Hall–Kier alpha value is -1.58. The van der Waals surface area contributed by atoms with Crippen molar-refractivity contribution in [1.82, 2.24) is 10.3 Å². The van der Waals surface area contributed by atoms with Gasteiger partial charge in [-0.15, -0.1) is 0 Å². The normalized spacial score (nSPS) is 27.9. The van der Waals surface area contributed by atoms with Crippen molar-refractivity contribution in [3.63, 3.8) is 0 Å². The average Bonchev–Trinajstić information content (AvgIpc) is 2.82.